The van der Waals surface area contributed by atoms with Crippen LogP contribution in [0, 0.1) is 0 Å². The highest BCUT2D eigenvalue weighted by Crippen LogP contribution is 2.38. The maximum atomic E-state index is 13.4. The van der Waals surface area contributed by atoms with Gasteiger partial charge in [-0.1, -0.05) is 0 Å². The Kier molecular flexibility index (Phi) is 8.52. The Morgan fingerprint density at radius 2 is 1.96 bits per heavy atom. The third-order valence-corrected chi connectivity index (χ3v) is 6.90. The molecule has 1 amide bonds. The summed E-state index contributed by atoms with van der Waals surface area (Å²) in [6, 6.07) is 4.85. The summed E-state index contributed by atoms with van der Waals surface area (Å²) in [5.74, 6) is -1.07. The van der Waals surface area contributed by atoms with Gasteiger partial charge in [0, 0.05) is 44.8 Å². The third-order valence-electron chi connectivity index (χ3n) is 6.90. The van der Waals surface area contributed by atoms with E-state index in [0.29, 0.717) is 5.82 Å². The van der Waals surface area contributed by atoms with Gasteiger partial charge in [0.2, 0.25) is 0 Å². The Bertz CT molecular complexity index is 1790. The van der Waals surface area contributed by atoms with Crippen LogP contribution in [0.5, 0.6) is 11.5 Å². The summed E-state index contributed by atoms with van der Waals surface area (Å²) >= 11 is 0. The molecule has 4 aromatic heterocycles. The van der Waals surface area contributed by atoms with Crippen molar-refractivity contribution in [3.8, 4) is 22.8 Å². The standard InChI is InChI=1S/C26H26F4N12O3/c1-31-6-8-39-11-15(12-39)42-36-21(35-38-42)14-40-13-19(34-24(43)18-10-33-41-7-2-5-32-23(18)41)22(37-40)17-9-16(44-25(27)28)3-4-20(17)45-26(29)30/h2-5,7,9-10,13,15,25-26,31H,6,8,11-12,14H2,1H3,(H,34,43). The molecule has 1 fully saturated rings. The van der Waals surface area contributed by atoms with E-state index in [1.165, 1.54) is 32.6 Å². The molecule has 15 nitrogen and oxygen atoms in total. The van der Waals surface area contributed by atoms with Crippen molar-refractivity contribution in [2.45, 2.75) is 25.8 Å². The number of likely N-dealkylation sites (tertiary alicyclic amines) is 1. The van der Waals surface area contributed by atoms with E-state index in [-0.39, 0.29) is 52.2 Å². The van der Waals surface area contributed by atoms with Gasteiger partial charge in [-0.05, 0) is 36.5 Å². The lowest BCUT2D eigenvalue weighted by Crippen LogP contribution is -2.50. The van der Waals surface area contributed by atoms with Crippen molar-refractivity contribution in [1.29, 1.82) is 0 Å². The average Bonchev–Trinajstić information content (AvgIpc) is 3.71. The van der Waals surface area contributed by atoms with E-state index in [2.05, 4.69) is 55.6 Å². The molecule has 1 saturated heterocycles. The fraction of sp³-hybridized carbons (Fsp3) is 0.346. The average molecular weight is 631 g/mol. The summed E-state index contributed by atoms with van der Waals surface area (Å²) < 4.78 is 64.6. The van der Waals surface area contributed by atoms with Crippen molar-refractivity contribution < 1.29 is 31.8 Å². The molecule has 236 valence electrons. The Morgan fingerprint density at radius 3 is 2.73 bits per heavy atom. The van der Waals surface area contributed by atoms with Crippen molar-refractivity contribution in [3.63, 3.8) is 0 Å². The number of ether oxygens (including phenoxy) is 2. The van der Waals surface area contributed by atoms with Crippen molar-refractivity contribution in [3.05, 3.63) is 60.4 Å². The van der Waals surface area contributed by atoms with Crippen LogP contribution < -0.4 is 20.1 Å². The quantitative estimate of drug-likeness (QED) is 0.184. The van der Waals surface area contributed by atoms with Crippen LogP contribution in [0.3, 0.4) is 0 Å². The lowest BCUT2D eigenvalue weighted by molar-refractivity contribution is -0.0526. The summed E-state index contributed by atoms with van der Waals surface area (Å²) in [5, 5.41) is 27.1. The second-order valence-electron chi connectivity index (χ2n) is 9.95. The summed E-state index contributed by atoms with van der Waals surface area (Å²) in [6.07, 6.45) is 5.83. The number of nitrogens with one attached hydrogen (secondary N) is 2. The number of likely N-dealkylation sites (N-methyl/N-ethyl adjacent to an activating group) is 1. The minimum Gasteiger partial charge on any atom is -0.435 e. The van der Waals surface area contributed by atoms with E-state index in [4.69, 9.17) is 0 Å². The molecular weight excluding hydrogens is 604 g/mol. The van der Waals surface area contributed by atoms with Crippen molar-refractivity contribution in [1.82, 2.24) is 54.8 Å². The molecule has 2 N–H and O–H groups in total. The van der Waals surface area contributed by atoms with Crippen LogP contribution in [0.25, 0.3) is 16.9 Å². The van der Waals surface area contributed by atoms with Gasteiger partial charge in [0.05, 0.1) is 23.5 Å². The minimum atomic E-state index is -3.24. The van der Waals surface area contributed by atoms with Gasteiger partial charge in [-0.3, -0.25) is 14.4 Å². The first kappa shape index (κ1) is 29.9. The third kappa shape index (κ3) is 6.68. The molecule has 5 aromatic rings. The largest absolute Gasteiger partial charge is 0.435 e. The molecule has 1 aliphatic rings. The monoisotopic (exact) mass is 630 g/mol. The predicted molar refractivity (Wildman–Crippen MR) is 148 cm³/mol. The Balaban J connectivity index is 1.32. The van der Waals surface area contributed by atoms with Crippen LogP contribution in [0.15, 0.2) is 49.1 Å². The van der Waals surface area contributed by atoms with Gasteiger partial charge in [0.25, 0.3) is 5.91 Å². The smallest absolute Gasteiger partial charge is 0.387 e. The number of anilines is 1. The number of halogens is 4. The molecule has 0 unspecified atom stereocenters. The van der Waals surface area contributed by atoms with Crippen LogP contribution in [0.2, 0.25) is 0 Å². The van der Waals surface area contributed by atoms with Gasteiger partial charge in [-0.15, -0.1) is 10.2 Å². The van der Waals surface area contributed by atoms with E-state index in [0.717, 1.165) is 44.4 Å². The predicted octanol–water partition coefficient (Wildman–Crippen LogP) is 2.16. The first-order valence-electron chi connectivity index (χ1n) is 13.6. The number of fused-ring (bicyclic) bond motifs is 1. The van der Waals surface area contributed by atoms with Gasteiger partial charge in [-0.2, -0.15) is 32.6 Å². The number of rotatable bonds is 13. The van der Waals surface area contributed by atoms with E-state index in [1.807, 2.05) is 7.05 Å². The van der Waals surface area contributed by atoms with Crippen molar-refractivity contribution >= 4 is 17.2 Å². The van der Waals surface area contributed by atoms with E-state index in [9.17, 15) is 22.4 Å². The Labute approximate surface area is 251 Å². The van der Waals surface area contributed by atoms with E-state index >= 15 is 0 Å². The number of carbonyl (C=O) groups is 1. The summed E-state index contributed by atoms with van der Waals surface area (Å²) in [4.78, 5) is 21.3. The van der Waals surface area contributed by atoms with Gasteiger partial charge in [0.15, 0.2) is 11.5 Å². The highest BCUT2D eigenvalue weighted by molar-refractivity contribution is 6.09. The normalized spacial score (nSPS) is 13.9. The zero-order chi connectivity index (χ0) is 31.5. The molecule has 5 heterocycles. The molecule has 6 rings (SSSR count). The SMILES string of the molecule is CNCCN1CC(n2nnc(Cn3cc(NC(=O)c4cnn5cccnc45)c(-c4cc(OC(F)F)ccc4OC(F)F)n3)n2)C1. The molecule has 1 aliphatic heterocycles. The second-order valence-corrected chi connectivity index (χ2v) is 9.95. The number of benzene rings is 1. The second kappa shape index (κ2) is 12.8. The number of alkyl halides is 4. The Morgan fingerprint density at radius 1 is 1.13 bits per heavy atom. The number of tetrazole rings is 1. The lowest BCUT2D eigenvalue weighted by Gasteiger charge is -2.37. The van der Waals surface area contributed by atoms with Crippen LogP contribution in [-0.4, -0.2) is 102 Å². The maximum absolute atomic E-state index is 13.4. The van der Waals surface area contributed by atoms with E-state index in [1.54, 1.807) is 12.3 Å². The number of nitrogens with zero attached hydrogens (tertiary/aromatic N) is 10. The molecule has 45 heavy (non-hydrogen) atoms. The van der Waals surface area contributed by atoms with Crippen molar-refractivity contribution in [2.24, 2.45) is 0 Å². The molecule has 0 radical (unpaired) electrons. The number of hydrogen-bond acceptors (Lipinski definition) is 11. The summed E-state index contributed by atoms with van der Waals surface area (Å²) in [7, 11) is 1.89. The van der Waals surface area contributed by atoms with Gasteiger partial charge in [-0.25, -0.2) is 9.50 Å². The van der Waals surface area contributed by atoms with Crippen LogP contribution in [0.4, 0.5) is 23.2 Å². The summed E-state index contributed by atoms with van der Waals surface area (Å²) in [6.45, 7) is -3.15. The Hall–Kier alpha value is -5.17. The highest BCUT2D eigenvalue weighted by Gasteiger charge is 2.30. The van der Waals surface area contributed by atoms with Gasteiger partial charge in [0.1, 0.15) is 29.3 Å². The fourth-order valence-corrected chi connectivity index (χ4v) is 4.80. The number of aromatic nitrogens is 9. The van der Waals surface area contributed by atoms with E-state index < -0.39 is 19.1 Å². The summed E-state index contributed by atoms with van der Waals surface area (Å²) in [5.41, 5.74) is 0.194. The topological polar surface area (TPSA) is 154 Å². The van der Waals surface area contributed by atoms with Crippen LogP contribution in [-0.2, 0) is 6.54 Å². The lowest BCUT2D eigenvalue weighted by atomic mass is 10.1. The van der Waals surface area contributed by atoms with Crippen molar-refractivity contribution in [2.75, 3.05) is 38.5 Å². The van der Waals surface area contributed by atoms with Gasteiger partial charge >= 0.3 is 13.2 Å². The molecular formula is C26H26F4N12O3. The number of hydrogen-bond donors (Lipinski definition) is 2. The molecule has 0 saturated carbocycles. The van der Waals surface area contributed by atoms with Crippen LogP contribution >= 0.6 is 0 Å². The molecule has 0 bridgehead atoms. The molecule has 0 spiro atoms. The zero-order valence-electron chi connectivity index (χ0n) is 23.6. The molecule has 19 heteroatoms. The highest BCUT2D eigenvalue weighted by atomic mass is 19.3. The number of carbonyl (C=O) groups excluding carboxylic acids is 1. The first-order valence-corrected chi connectivity index (χ1v) is 13.6. The fourth-order valence-electron chi connectivity index (χ4n) is 4.80. The molecule has 1 aromatic carbocycles. The minimum absolute atomic E-state index is 0.0183. The maximum Gasteiger partial charge on any atom is 0.387 e. The van der Waals surface area contributed by atoms with Gasteiger partial charge < -0.3 is 20.1 Å². The zero-order valence-corrected chi connectivity index (χ0v) is 23.6. The van der Waals surface area contributed by atoms with Crippen LogP contribution in [0.1, 0.15) is 22.2 Å². The number of amides is 1. The first-order chi connectivity index (χ1) is 21.8. The molecule has 0 atom stereocenters. The molecule has 0 aliphatic carbocycles.